The van der Waals surface area contributed by atoms with Gasteiger partial charge in [0.05, 0.1) is 34.7 Å². The van der Waals surface area contributed by atoms with Crippen molar-refractivity contribution in [3.8, 4) is 28.7 Å². The molecule has 0 atom stereocenters. The number of esters is 3. The van der Waals surface area contributed by atoms with Crippen molar-refractivity contribution in [1.29, 1.82) is 0 Å². The van der Waals surface area contributed by atoms with Crippen LogP contribution in [0.15, 0.2) is 194 Å². The van der Waals surface area contributed by atoms with Crippen LogP contribution in [0.25, 0.3) is 87.2 Å². The van der Waals surface area contributed by atoms with Gasteiger partial charge in [-0.05, 0) is 138 Å². The molecule has 0 aliphatic carbocycles. The van der Waals surface area contributed by atoms with Crippen LogP contribution in [0.5, 0.6) is 28.7 Å². The largest absolute Gasteiger partial charge is 0.643 e. The molecule has 13 aromatic rings. The van der Waals surface area contributed by atoms with Crippen molar-refractivity contribution in [1.82, 2.24) is 37.9 Å². The Bertz CT molecular complexity index is 5290. The molecule has 4 aromatic heterocycles. The summed E-state index contributed by atoms with van der Waals surface area (Å²) in [5.74, 6) is 0.611. The van der Waals surface area contributed by atoms with Crippen LogP contribution in [-0.2, 0) is 45.3 Å². The van der Waals surface area contributed by atoms with Gasteiger partial charge in [0.15, 0.2) is 5.78 Å². The van der Waals surface area contributed by atoms with Gasteiger partial charge in [0.25, 0.3) is 5.09 Å². The van der Waals surface area contributed by atoms with Gasteiger partial charge in [-0.3, -0.25) is 24.0 Å². The fourth-order valence-corrected chi connectivity index (χ4v) is 13.7. The minimum Gasteiger partial charge on any atom is -0.508 e. The number of nitrogens with zero attached hydrogens (tertiary/aromatic N) is 9. The molecule has 29 heteroatoms. The second-order valence-electron chi connectivity index (χ2n) is 26.3. The third-order valence-corrected chi connectivity index (χ3v) is 19.4. The number of para-hydroxylation sites is 5. The number of hydrogen-bond acceptors (Lipinski definition) is 16. The molecular weight excluding hydrogens is 1750 g/mol. The molecule has 618 valence electrons. The Hall–Kier alpha value is -8.19. The number of benzene rings is 9. The van der Waals surface area contributed by atoms with Crippen LogP contribution in [0.4, 0.5) is 0 Å². The minimum atomic E-state index is -1.72. The molecule has 2 N–H and O–H groups in total. The number of phenols is 2. The van der Waals surface area contributed by atoms with E-state index in [-0.39, 0.29) is 26.4 Å². The van der Waals surface area contributed by atoms with E-state index in [1.54, 1.807) is 37.4 Å². The number of halogens is 6. The number of fused-ring (bicyclic) bond motifs is 12. The number of methoxy groups -OCH3 is 1. The summed E-state index contributed by atoms with van der Waals surface area (Å²) in [6, 6.07) is 63.4. The number of hydrogen-bond donors (Lipinski definition) is 2. The van der Waals surface area contributed by atoms with E-state index < -0.39 is 28.4 Å². The molecule has 0 unspecified atom stereocenters. The SMILES string of the molecule is BrB(Br)Br.CC(=O)OC(C)=O.CCN(CC)CCn1c2ccccc2c2cc(C(C)=O)c(O)cc21.CCN(CC)CCn1c2ccccc2c2ccc(O)cc21.CCN(CC)CCn1c2ccccc2c2ccc(OC(C)=O)cc21.CCN(CC)CCn1c2ccccc2c2ccc(OC)cc21.O=[N+]([O-])Oc1ccccc1.[Cl][Al]([Cl])[Cl]. The molecule has 0 radical (unpaired) electrons. The topological polar surface area (TPSA) is 221 Å². The van der Waals surface area contributed by atoms with Crippen molar-refractivity contribution in [2.45, 2.75) is 109 Å². The average molecular weight is 1850 g/mol. The van der Waals surface area contributed by atoms with Gasteiger partial charge in [-0.2, -0.15) is 0 Å². The number of carbonyl (C=O) groups excluding carboxylic acids is 4. The lowest BCUT2D eigenvalue weighted by Gasteiger charge is -2.19. The molecule has 0 bridgehead atoms. The number of aromatic hydroxyl groups is 2. The van der Waals surface area contributed by atoms with Gasteiger partial charge in [-0.1, -0.05) is 146 Å². The van der Waals surface area contributed by atoms with Crippen molar-refractivity contribution < 1.29 is 53.5 Å². The molecule has 0 saturated heterocycles. The van der Waals surface area contributed by atoms with Gasteiger partial charge in [-0.15, -0.1) is 57.4 Å². The maximum absolute atomic E-state index is 11.8. The lowest BCUT2D eigenvalue weighted by molar-refractivity contribution is -0.711. The molecule has 0 fully saturated rings. The van der Waals surface area contributed by atoms with Crippen molar-refractivity contribution in [2.24, 2.45) is 0 Å². The second kappa shape index (κ2) is 49.9. The first kappa shape index (κ1) is 96.6. The normalized spacial score (nSPS) is 10.8. The van der Waals surface area contributed by atoms with Crippen molar-refractivity contribution >= 4 is 203 Å². The molecule has 0 aliphatic heterocycles. The minimum absolute atomic E-state index is 0.0573. The molecule has 13 rings (SSSR count). The van der Waals surface area contributed by atoms with E-state index in [2.05, 4.69) is 247 Å². The average Bonchev–Trinajstić information content (AvgIpc) is 1.62. The maximum Gasteiger partial charge on any atom is 0.643 e. The van der Waals surface area contributed by atoms with Crippen LogP contribution in [0.1, 0.15) is 93.4 Å². The summed E-state index contributed by atoms with van der Waals surface area (Å²) in [6.07, 6.45) is 0. The predicted octanol–water partition coefficient (Wildman–Crippen LogP) is 21.3. The van der Waals surface area contributed by atoms with E-state index in [0.717, 1.165) is 143 Å². The number of carbonyl (C=O) groups is 4. The zero-order valence-electron chi connectivity index (χ0n) is 68.2. The molecule has 0 aliphatic rings. The molecule has 0 amide bonds. The molecule has 9 aromatic carbocycles. The van der Waals surface area contributed by atoms with E-state index in [1.807, 2.05) is 54.6 Å². The van der Waals surface area contributed by atoms with Crippen LogP contribution in [0, 0.1) is 10.1 Å². The zero-order valence-corrected chi connectivity index (χ0v) is 76.4. The molecule has 21 nitrogen and oxygen atoms in total. The fraction of sp³-hybridized carbons (Fsp3) is 0.333. The number of Topliss-reactive ketones (excluding diaryl/α,β-unsaturated/α-hetero) is 1. The Morgan fingerprint density at radius 1 is 0.414 bits per heavy atom. The highest BCUT2D eigenvalue weighted by molar-refractivity contribution is 9.69. The highest BCUT2D eigenvalue weighted by Crippen LogP contribution is 2.37. The molecule has 116 heavy (non-hydrogen) atoms. The Morgan fingerprint density at radius 2 is 0.716 bits per heavy atom. The van der Waals surface area contributed by atoms with E-state index in [4.69, 9.17) is 39.6 Å². The predicted molar refractivity (Wildman–Crippen MR) is 492 cm³/mol. The standard InChI is InChI=1S/2C20H24N2O2.C19H24N2O.C18H22N2O.C6H5NO3.C4H6O3.Al.BBr3.3ClH/c1-4-21(5-2)10-11-22-18-9-7-6-8-15(18)17-12-16(14(3)23)20(24)13-19(17)22;1-4-21(5-2)12-13-22-19-9-7-6-8-17(19)18-11-10-16(14-20(18)22)24-15(3)23;1-4-20(5-2)12-13-21-18-9-7-6-8-16(18)17-11-10-15(22-3)14-19(17)21;1-3-19(4-2)11-12-20-17-8-6-5-7-15(17)16-10-9-14(21)13-18(16)20;8-7(9)10-6-4-2-1-3-5-6;1-3(5)7-4(2)6;;2-1(3)4;;;/h6-9,12-13,24H,4-5,10-11H2,1-3H3;6-11,14H,4-5,12-13H2,1-3H3;6-11,14H,4-5,12-13H2,1-3H3;5-10,13,21H,3-4,11-12H2,1-2H3;1-5H;1-2H3;;;3*1H/q;;;;;;+3;;;;/p-3. The third-order valence-electron chi connectivity index (χ3n) is 19.4. The number of likely N-dealkylation sites (N-methyl/N-ethyl adjacent to an activating group) is 4. The lowest BCUT2D eigenvalue weighted by Crippen LogP contribution is -2.26. The monoisotopic (exact) mass is 1850 g/mol. The summed E-state index contributed by atoms with van der Waals surface area (Å²) in [7, 11) is 16.6. The number of aromatic nitrogens is 4. The van der Waals surface area contributed by atoms with Gasteiger partial charge in [0.1, 0.15) is 28.7 Å². The summed E-state index contributed by atoms with van der Waals surface area (Å²) in [4.78, 5) is 66.2. The summed E-state index contributed by atoms with van der Waals surface area (Å²) in [5.41, 5.74) is 9.75. The van der Waals surface area contributed by atoms with E-state index in [1.165, 1.54) is 94.2 Å². The Balaban J connectivity index is 0.000000219. The van der Waals surface area contributed by atoms with Crippen LogP contribution in [-0.4, -0.2) is 177 Å². The molecule has 4 heterocycles. The van der Waals surface area contributed by atoms with Crippen LogP contribution >= 0.6 is 77.4 Å². The fourth-order valence-electron chi connectivity index (χ4n) is 13.7. The van der Waals surface area contributed by atoms with Crippen LogP contribution in [0.2, 0.25) is 0 Å². The third kappa shape index (κ3) is 28.8. The van der Waals surface area contributed by atoms with E-state index >= 15 is 0 Å². The van der Waals surface area contributed by atoms with Gasteiger partial charge in [0.2, 0.25) is 0 Å². The number of phenolic OH excluding ortho intramolecular Hbond substituents is 2. The van der Waals surface area contributed by atoms with Crippen LogP contribution < -0.4 is 14.3 Å². The highest BCUT2D eigenvalue weighted by atomic mass is 79.9. The van der Waals surface area contributed by atoms with E-state index in [0.29, 0.717) is 17.1 Å². The number of ether oxygens (including phenoxy) is 3. The van der Waals surface area contributed by atoms with Crippen molar-refractivity contribution in [3.05, 3.63) is 210 Å². The summed E-state index contributed by atoms with van der Waals surface area (Å²) in [5, 5.41) is 38.7. The quantitative estimate of drug-likeness (QED) is 0.0103. The summed E-state index contributed by atoms with van der Waals surface area (Å²) >= 11 is 7.59. The molecular formula is C87H105AlBBr3Cl3N9O12. The number of rotatable bonds is 25. The Labute approximate surface area is 721 Å². The second-order valence-corrected chi connectivity index (χ2v) is 39.2. The summed E-state index contributed by atoms with van der Waals surface area (Å²) < 4.78 is 24.3. The van der Waals surface area contributed by atoms with Crippen LogP contribution in [0.3, 0.4) is 0 Å². The highest BCUT2D eigenvalue weighted by Gasteiger charge is 2.19. The molecule has 0 saturated carbocycles. The first-order valence-electron chi connectivity index (χ1n) is 38.6. The smallest absolute Gasteiger partial charge is 0.508 e. The number of ketones is 1. The van der Waals surface area contributed by atoms with E-state index in [9.17, 15) is 39.5 Å². The maximum atomic E-state index is 11.8. The Morgan fingerprint density at radius 3 is 1.03 bits per heavy atom. The summed E-state index contributed by atoms with van der Waals surface area (Å²) in [6.45, 7) is 39.0. The zero-order chi connectivity index (χ0) is 85.1. The molecule has 0 spiro atoms. The first-order valence-corrected chi connectivity index (χ1v) is 46.6. The Kier molecular flexibility index (Phi) is 41.6. The van der Waals surface area contributed by atoms with Gasteiger partial charge >= 0.3 is 32.5 Å². The lowest BCUT2D eigenvalue weighted by atomic mass is 10.1. The van der Waals surface area contributed by atoms with Gasteiger partial charge < -0.3 is 62.3 Å². The first-order chi connectivity index (χ1) is 55.6. The van der Waals surface area contributed by atoms with Gasteiger partial charge in [0, 0.05) is 163 Å². The van der Waals surface area contributed by atoms with Crippen molar-refractivity contribution in [2.75, 3.05) is 85.6 Å². The van der Waals surface area contributed by atoms with Crippen molar-refractivity contribution in [3.63, 3.8) is 0 Å². The van der Waals surface area contributed by atoms with Gasteiger partial charge in [-0.25, -0.2) is 30.1 Å².